The van der Waals surface area contributed by atoms with E-state index < -0.39 is 10.9 Å². The molecule has 0 fully saturated rings. The summed E-state index contributed by atoms with van der Waals surface area (Å²) >= 11 is 0. The molecule has 0 aliphatic heterocycles. The quantitative estimate of drug-likeness (QED) is 0.578. The number of fused-ring (bicyclic) bond motifs is 1. The summed E-state index contributed by atoms with van der Waals surface area (Å²) in [5, 5.41) is 19.8. The molecule has 0 amide bonds. The lowest BCUT2D eigenvalue weighted by Gasteiger charge is -1.97. The molecule has 2 aromatic rings. The number of carboxylic acid groups (broad SMARTS) is 1. The van der Waals surface area contributed by atoms with Crippen molar-refractivity contribution in [2.24, 2.45) is 0 Å². The first-order valence-corrected chi connectivity index (χ1v) is 4.08. The molecule has 2 rings (SSSR count). The Kier molecular flexibility index (Phi) is 1.89. The fourth-order valence-electron chi connectivity index (χ4n) is 1.42. The van der Waals surface area contributed by atoms with E-state index in [-0.39, 0.29) is 11.3 Å². The van der Waals surface area contributed by atoms with Crippen LogP contribution in [0.4, 0.5) is 5.69 Å². The van der Waals surface area contributed by atoms with Crippen molar-refractivity contribution in [3.8, 4) is 0 Å². The maximum Gasteiger partial charge on any atom is 0.336 e. The van der Waals surface area contributed by atoms with Gasteiger partial charge in [0.2, 0.25) is 0 Å². The Morgan fingerprint density at radius 3 is 2.80 bits per heavy atom. The van der Waals surface area contributed by atoms with E-state index in [2.05, 4.69) is 4.98 Å². The minimum absolute atomic E-state index is 0.100. The summed E-state index contributed by atoms with van der Waals surface area (Å²) in [4.78, 5) is 23.5. The zero-order valence-electron chi connectivity index (χ0n) is 7.43. The Morgan fingerprint density at radius 1 is 1.47 bits per heavy atom. The number of nitro groups is 1. The summed E-state index contributed by atoms with van der Waals surface area (Å²) in [6.45, 7) is 0. The van der Waals surface area contributed by atoms with E-state index in [4.69, 9.17) is 5.11 Å². The number of non-ortho nitro benzene ring substituents is 1. The summed E-state index contributed by atoms with van der Waals surface area (Å²) < 4.78 is 0. The highest BCUT2D eigenvalue weighted by atomic mass is 16.6. The van der Waals surface area contributed by atoms with E-state index in [1.54, 1.807) is 6.07 Å². The molecule has 6 heteroatoms. The van der Waals surface area contributed by atoms with Crippen molar-refractivity contribution in [2.75, 3.05) is 0 Å². The van der Waals surface area contributed by atoms with Crippen LogP contribution in [0.5, 0.6) is 0 Å². The van der Waals surface area contributed by atoms with E-state index in [9.17, 15) is 14.9 Å². The van der Waals surface area contributed by atoms with Crippen molar-refractivity contribution in [3.63, 3.8) is 0 Å². The predicted molar refractivity (Wildman–Crippen MR) is 51.9 cm³/mol. The fourth-order valence-corrected chi connectivity index (χ4v) is 1.42. The highest BCUT2D eigenvalue weighted by Crippen LogP contribution is 2.26. The Bertz CT molecular complexity index is 558. The molecule has 0 aliphatic rings. The number of carbonyl (C=O) groups is 1. The van der Waals surface area contributed by atoms with Gasteiger partial charge in [0.15, 0.2) is 0 Å². The molecule has 15 heavy (non-hydrogen) atoms. The van der Waals surface area contributed by atoms with Gasteiger partial charge in [-0.2, -0.15) is 0 Å². The van der Waals surface area contributed by atoms with Gasteiger partial charge in [0.05, 0.1) is 21.4 Å². The Morgan fingerprint density at radius 2 is 2.20 bits per heavy atom. The van der Waals surface area contributed by atoms with Gasteiger partial charge in [0.25, 0.3) is 5.69 Å². The number of nitrogens with zero attached hydrogens (tertiary/aromatic N) is 1. The Balaban J connectivity index is 2.80. The van der Waals surface area contributed by atoms with Crippen LogP contribution in [-0.2, 0) is 0 Å². The van der Waals surface area contributed by atoms with E-state index in [1.165, 1.54) is 12.3 Å². The standard InChI is InChI=1S/C9H6N2O4/c12-9(13)5-3-7-6(1-2-10-7)8(4-5)11(14)15/h1-4,10H,(H,12,13). The topological polar surface area (TPSA) is 96.2 Å². The summed E-state index contributed by atoms with van der Waals surface area (Å²) in [7, 11) is 0. The van der Waals surface area contributed by atoms with E-state index in [1.807, 2.05) is 0 Å². The normalized spacial score (nSPS) is 10.4. The molecule has 0 radical (unpaired) electrons. The van der Waals surface area contributed by atoms with Gasteiger partial charge in [-0.15, -0.1) is 0 Å². The Hall–Kier alpha value is -2.37. The summed E-state index contributed by atoms with van der Waals surface area (Å²) in [6, 6.07) is 3.96. The number of nitrogens with one attached hydrogen (secondary N) is 1. The number of hydrogen-bond acceptors (Lipinski definition) is 3. The number of aromatic amines is 1. The van der Waals surface area contributed by atoms with Gasteiger partial charge in [-0.1, -0.05) is 0 Å². The molecule has 2 N–H and O–H groups in total. The molecule has 6 nitrogen and oxygen atoms in total. The molecule has 0 saturated carbocycles. The van der Waals surface area contributed by atoms with Gasteiger partial charge in [0.1, 0.15) is 0 Å². The average Bonchev–Trinajstić information content (AvgIpc) is 2.62. The molecule has 1 heterocycles. The number of carboxylic acids is 1. The molecule has 1 aromatic heterocycles. The van der Waals surface area contributed by atoms with Crippen LogP contribution in [-0.4, -0.2) is 21.0 Å². The highest BCUT2D eigenvalue weighted by Gasteiger charge is 2.16. The van der Waals surface area contributed by atoms with E-state index >= 15 is 0 Å². The van der Waals surface area contributed by atoms with Crippen molar-refractivity contribution in [1.29, 1.82) is 0 Å². The summed E-state index contributed by atoms with van der Waals surface area (Å²) in [6.07, 6.45) is 1.53. The van der Waals surface area contributed by atoms with Crippen LogP contribution >= 0.6 is 0 Å². The smallest absolute Gasteiger partial charge is 0.336 e. The summed E-state index contributed by atoms with van der Waals surface area (Å²) in [5.41, 5.74) is 0.143. The van der Waals surface area contributed by atoms with Gasteiger partial charge in [0, 0.05) is 12.3 Å². The third-order valence-electron chi connectivity index (χ3n) is 2.09. The molecule has 0 atom stereocenters. The first kappa shape index (κ1) is 9.20. The second kappa shape index (κ2) is 3.09. The van der Waals surface area contributed by atoms with Gasteiger partial charge >= 0.3 is 5.97 Å². The second-order valence-electron chi connectivity index (χ2n) is 3.00. The minimum Gasteiger partial charge on any atom is -0.478 e. The largest absolute Gasteiger partial charge is 0.478 e. The fraction of sp³-hybridized carbons (Fsp3) is 0. The average molecular weight is 206 g/mol. The van der Waals surface area contributed by atoms with Crippen molar-refractivity contribution in [1.82, 2.24) is 4.98 Å². The second-order valence-corrected chi connectivity index (χ2v) is 3.00. The SMILES string of the molecule is O=C(O)c1cc([N+](=O)[O-])c2cc[nH]c2c1. The van der Waals surface area contributed by atoms with Crippen LogP contribution in [0.1, 0.15) is 10.4 Å². The van der Waals surface area contributed by atoms with Crippen LogP contribution in [0.25, 0.3) is 10.9 Å². The number of rotatable bonds is 2. The van der Waals surface area contributed by atoms with Gasteiger partial charge in [-0.3, -0.25) is 10.1 Å². The third-order valence-corrected chi connectivity index (χ3v) is 2.09. The number of aromatic nitrogens is 1. The molecule has 0 spiro atoms. The predicted octanol–water partition coefficient (Wildman–Crippen LogP) is 1.77. The number of hydrogen-bond donors (Lipinski definition) is 2. The number of benzene rings is 1. The van der Waals surface area contributed by atoms with Crippen molar-refractivity contribution < 1.29 is 14.8 Å². The lowest BCUT2D eigenvalue weighted by Crippen LogP contribution is -1.98. The molecule has 0 aliphatic carbocycles. The molecular weight excluding hydrogens is 200 g/mol. The van der Waals surface area contributed by atoms with Crippen molar-refractivity contribution in [3.05, 3.63) is 40.1 Å². The maximum atomic E-state index is 10.7. The molecular formula is C9H6N2O4. The van der Waals surface area contributed by atoms with Crippen molar-refractivity contribution >= 4 is 22.6 Å². The van der Waals surface area contributed by atoms with Gasteiger partial charge in [-0.05, 0) is 12.1 Å². The zero-order chi connectivity index (χ0) is 11.0. The minimum atomic E-state index is -1.19. The number of aromatic carboxylic acids is 1. The van der Waals surface area contributed by atoms with Crippen LogP contribution in [0.15, 0.2) is 24.4 Å². The monoisotopic (exact) mass is 206 g/mol. The molecule has 1 aromatic carbocycles. The first-order valence-electron chi connectivity index (χ1n) is 4.08. The van der Waals surface area contributed by atoms with Crippen LogP contribution in [0.2, 0.25) is 0 Å². The number of H-pyrrole nitrogens is 1. The molecule has 0 bridgehead atoms. The molecule has 0 unspecified atom stereocenters. The van der Waals surface area contributed by atoms with Crippen molar-refractivity contribution in [2.45, 2.75) is 0 Å². The maximum absolute atomic E-state index is 10.7. The molecule has 76 valence electrons. The summed E-state index contributed by atoms with van der Waals surface area (Å²) in [5.74, 6) is -1.19. The van der Waals surface area contributed by atoms with Crippen LogP contribution < -0.4 is 0 Å². The highest BCUT2D eigenvalue weighted by molar-refractivity contribution is 5.97. The van der Waals surface area contributed by atoms with E-state index in [0.717, 1.165) is 6.07 Å². The lowest BCUT2D eigenvalue weighted by molar-refractivity contribution is -0.383. The lowest BCUT2D eigenvalue weighted by atomic mass is 10.1. The van der Waals surface area contributed by atoms with Gasteiger partial charge < -0.3 is 10.1 Å². The van der Waals surface area contributed by atoms with Crippen LogP contribution in [0.3, 0.4) is 0 Å². The number of nitro benzene ring substituents is 1. The zero-order valence-corrected chi connectivity index (χ0v) is 7.43. The Labute approximate surface area is 83.3 Å². The van der Waals surface area contributed by atoms with Gasteiger partial charge in [-0.25, -0.2) is 4.79 Å². The van der Waals surface area contributed by atoms with Crippen LogP contribution in [0, 0.1) is 10.1 Å². The first-order chi connectivity index (χ1) is 7.09. The third kappa shape index (κ3) is 1.41. The van der Waals surface area contributed by atoms with E-state index in [0.29, 0.717) is 10.9 Å². The molecule has 0 saturated heterocycles.